The van der Waals surface area contributed by atoms with Crippen LogP contribution in [0.1, 0.15) is 39.5 Å². The molecule has 86 valence electrons. The molecule has 5 heteroatoms. The highest BCUT2D eigenvalue weighted by Gasteiger charge is 2.38. The van der Waals surface area contributed by atoms with E-state index in [0.29, 0.717) is 13.2 Å². The zero-order valence-electron chi connectivity index (χ0n) is 9.35. The van der Waals surface area contributed by atoms with Crippen LogP contribution in [0.4, 0.5) is 0 Å². The minimum absolute atomic E-state index is 0.617. The Morgan fingerprint density at radius 2 is 1.43 bits per heavy atom. The summed E-state index contributed by atoms with van der Waals surface area (Å²) >= 11 is 6.07. The molecule has 0 aliphatic rings. The van der Waals surface area contributed by atoms with Crippen molar-refractivity contribution in [3.63, 3.8) is 0 Å². The zero-order valence-corrected chi connectivity index (χ0v) is 11.1. The van der Waals surface area contributed by atoms with Gasteiger partial charge in [-0.2, -0.15) is 0 Å². The van der Waals surface area contributed by atoms with E-state index in [-0.39, 0.29) is 0 Å². The Hall–Kier alpha value is 0.387. The number of hydrogen-bond acceptors (Lipinski definition) is 3. The van der Waals surface area contributed by atoms with E-state index in [0.717, 1.165) is 25.7 Å². The maximum Gasteiger partial charge on any atom is 0.612 e. The SMILES string of the molecule is CCCCO[Si](Cl)(OC)OCCCC. The summed E-state index contributed by atoms with van der Waals surface area (Å²) in [5.41, 5.74) is 0. The van der Waals surface area contributed by atoms with Crippen molar-refractivity contribution in [2.75, 3.05) is 20.3 Å². The topological polar surface area (TPSA) is 27.7 Å². The van der Waals surface area contributed by atoms with Crippen LogP contribution >= 0.6 is 11.1 Å². The highest BCUT2D eigenvalue weighted by Crippen LogP contribution is 2.15. The second kappa shape index (κ2) is 8.68. The second-order valence-electron chi connectivity index (χ2n) is 3.09. The molecule has 3 nitrogen and oxygen atoms in total. The third-order valence-electron chi connectivity index (χ3n) is 1.79. The van der Waals surface area contributed by atoms with Gasteiger partial charge in [-0.05, 0) is 12.8 Å². The van der Waals surface area contributed by atoms with E-state index in [9.17, 15) is 0 Å². The van der Waals surface area contributed by atoms with Crippen molar-refractivity contribution in [1.29, 1.82) is 0 Å². The van der Waals surface area contributed by atoms with Gasteiger partial charge in [-0.1, -0.05) is 37.8 Å². The summed E-state index contributed by atoms with van der Waals surface area (Å²) < 4.78 is 15.9. The summed E-state index contributed by atoms with van der Waals surface area (Å²) in [6, 6.07) is 0. The molecule has 0 bridgehead atoms. The van der Waals surface area contributed by atoms with Gasteiger partial charge in [-0.15, -0.1) is 0 Å². The molecule has 0 heterocycles. The Morgan fingerprint density at radius 1 is 1.00 bits per heavy atom. The molecule has 0 aromatic heterocycles. The van der Waals surface area contributed by atoms with Crippen molar-refractivity contribution < 1.29 is 13.3 Å². The molecule has 0 amide bonds. The highest BCUT2D eigenvalue weighted by molar-refractivity contribution is 7.09. The molecule has 0 fully saturated rings. The molecule has 0 saturated heterocycles. The van der Waals surface area contributed by atoms with Crippen molar-refractivity contribution in [3.8, 4) is 0 Å². The minimum Gasteiger partial charge on any atom is -0.365 e. The van der Waals surface area contributed by atoms with E-state index in [2.05, 4.69) is 13.8 Å². The van der Waals surface area contributed by atoms with Gasteiger partial charge >= 0.3 is 8.11 Å². The lowest BCUT2D eigenvalue weighted by molar-refractivity contribution is 0.0977. The summed E-state index contributed by atoms with van der Waals surface area (Å²) in [4.78, 5) is 0. The molecule has 0 N–H and O–H groups in total. The van der Waals surface area contributed by atoms with E-state index in [1.165, 1.54) is 7.11 Å². The fourth-order valence-electron chi connectivity index (χ4n) is 0.836. The van der Waals surface area contributed by atoms with E-state index >= 15 is 0 Å². The second-order valence-corrected chi connectivity index (χ2v) is 6.43. The van der Waals surface area contributed by atoms with Crippen LogP contribution in [0.5, 0.6) is 0 Å². The van der Waals surface area contributed by atoms with Gasteiger partial charge in [0, 0.05) is 20.3 Å². The standard InChI is InChI=1S/C9H21ClO3Si/c1-4-6-8-12-14(10,11-3)13-9-7-5-2/h4-9H2,1-3H3. The van der Waals surface area contributed by atoms with Crippen LogP contribution in [0.2, 0.25) is 0 Å². The quantitative estimate of drug-likeness (QED) is 0.352. The van der Waals surface area contributed by atoms with E-state index < -0.39 is 8.11 Å². The van der Waals surface area contributed by atoms with Crippen LogP contribution in [0.3, 0.4) is 0 Å². The van der Waals surface area contributed by atoms with Crippen LogP contribution < -0.4 is 0 Å². The molecular weight excluding hydrogens is 220 g/mol. The first-order chi connectivity index (χ1) is 6.68. The lowest BCUT2D eigenvalue weighted by Gasteiger charge is -2.20. The van der Waals surface area contributed by atoms with Crippen LogP contribution in [0.15, 0.2) is 0 Å². The fraction of sp³-hybridized carbons (Fsp3) is 1.00. The van der Waals surface area contributed by atoms with Gasteiger partial charge in [-0.3, -0.25) is 0 Å². The van der Waals surface area contributed by atoms with Gasteiger partial charge in [-0.25, -0.2) is 0 Å². The van der Waals surface area contributed by atoms with Crippen molar-refractivity contribution in [2.45, 2.75) is 39.5 Å². The summed E-state index contributed by atoms with van der Waals surface area (Å²) in [6.45, 7) is 5.44. The highest BCUT2D eigenvalue weighted by atomic mass is 35.6. The largest absolute Gasteiger partial charge is 0.612 e. The Bertz CT molecular complexity index is 125. The van der Waals surface area contributed by atoms with Gasteiger partial charge in [0.25, 0.3) is 0 Å². The lowest BCUT2D eigenvalue weighted by Crippen LogP contribution is -2.39. The predicted molar refractivity (Wildman–Crippen MR) is 60.3 cm³/mol. The smallest absolute Gasteiger partial charge is 0.365 e. The van der Waals surface area contributed by atoms with Gasteiger partial charge in [0.1, 0.15) is 0 Å². The molecule has 0 atom stereocenters. The molecule has 0 saturated carbocycles. The van der Waals surface area contributed by atoms with Gasteiger partial charge in [0.05, 0.1) is 0 Å². The van der Waals surface area contributed by atoms with Gasteiger partial charge in [0.2, 0.25) is 0 Å². The summed E-state index contributed by atoms with van der Waals surface area (Å²) in [7, 11) is -1.29. The van der Waals surface area contributed by atoms with Gasteiger partial charge < -0.3 is 13.3 Å². The first-order valence-electron chi connectivity index (χ1n) is 5.20. The molecule has 0 aliphatic carbocycles. The molecule has 0 aromatic rings. The summed E-state index contributed by atoms with van der Waals surface area (Å²) in [5.74, 6) is 0. The Morgan fingerprint density at radius 3 is 1.71 bits per heavy atom. The maximum absolute atomic E-state index is 6.07. The van der Waals surface area contributed by atoms with Crippen LogP contribution in [-0.4, -0.2) is 28.4 Å². The average molecular weight is 241 g/mol. The summed E-state index contributed by atoms with van der Waals surface area (Å²) in [6.07, 6.45) is 4.14. The molecular formula is C9H21ClO3Si. The van der Waals surface area contributed by atoms with Crippen molar-refractivity contribution in [3.05, 3.63) is 0 Å². The minimum atomic E-state index is -2.83. The normalized spacial score (nSPS) is 12.0. The van der Waals surface area contributed by atoms with Crippen LogP contribution in [0, 0.1) is 0 Å². The van der Waals surface area contributed by atoms with Gasteiger partial charge in [0.15, 0.2) is 0 Å². The lowest BCUT2D eigenvalue weighted by atomic mass is 10.4. The molecule has 0 aromatic carbocycles. The monoisotopic (exact) mass is 240 g/mol. The summed E-state index contributed by atoms with van der Waals surface area (Å²) in [5, 5.41) is 0. The fourth-order valence-corrected chi connectivity index (χ4v) is 2.39. The third kappa shape index (κ3) is 6.78. The molecule has 0 unspecified atom stereocenters. The first kappa shape index (κ1) is 14.4. The average Bonchev–Trinajstić information content (AvgIpc) is 2.19. The number of hydrogen-bond donors (Lipinski definition) is 0. The Balaban J connectivity index is 3.67. The van der Waals surface area contributed by atoms with Crippen LogP contribution in [-0.2, 0) is 13.3 Å². The maximum atomic E-state index is 6.07. The van der Waals surface area contributed by atoms with Crippen LogP contribution in [0.25, 0.3) is 0 Å². The number of halogens is 1. The van der Waals surface area contributed by atoms with Crippen molar-refractivity contribution >= 4 is 19.2 Å². The Labute approximate surface area is 92.8 Å². The number of unbranched alkanes of at least 4 members (excludes halogenated alkanes) is 2. The number of rotatable bonds is 9. The van der Waals surface area contributed by atoms with Crippen molar-refractivity contribution in [2.24, 2.45) is 0 Å². The molecule has 0 radical (unpaired) electrons. The predicted octanol–water partition coefficient (Wildman–Crippen LogP) is 2.94. The first-order valence-corrected chi connectivity index (χ1v) is 7.94. The van der Waals surface area contributed by atoms with Crippen molar-refractivity contribution in [1.82, 2.24) is 0 Å². The molecule has 0 aliphatic heterocycles. The van der Waals surface area contributed by atoms with E-state index in [4.69, 9.17) is 24.4 Å². The van der Waals surface area contributed by atoms with E-state index in [1.807, 2.05) is 0 Å². The molecule has 0 rings (SSSR count). The van der Waals surface area contributed by atoms with E-state index in [1.54, 1.807) is 0 Å². The zero-order chi connectivity index (χ0) is 10.9. The molecule has 14 heavy (non-hydrogen) atoms. The third-order valence-corrected chi connectivity index (χ3v) is 4.49. The Kier molecular flexibility index (Phi) is 8.92. The molecule has 0 spiro atoms.